The van der Waals surface area contributed by atoms with Gasteiger partial charge >= 0.3 is 0 Å². The fourth-order valence-electron chi connectivity index (χ4n) is 1.87. The molecule has 2 fully saturated rings. The molecule has 0 radical (unpaired) electrons. The Morgan fingerprint density at radius 3 is 2.50 bits per heavy atom. The van der Waals surface area contributed by atoms with Gasteiger partial charge in [-0.3, -0.25) is 0 Å². The minimum atomic E-state index is -1.33. The van der Waals surface area contributed by atoms with Crippen molar-refractivity contribution < 1.29 is 23.7 Å². The van der Waals surface area contributed by atoms with Gasteiger partial charge in [-0.1, -0.05) is 0 Å². The van der Waals surface area contributed by atoms with Crippen molar-refractivity contribution in [2.75, 3.05) is 0 Å². The van der Waals surface area contributed by atoms with Crippen LogP contribution >= 0.6 is 0 Å². The molecule has 0 saturated carbocycles. The summed E-state index contributed by atoms with van der Waals surface area (Å²) in [5.41, 5.74) is 0. The van der Waals surface area contributed by atoms with Gasteiger partial charge in [-0.2, -0.15) is 0 Å². The molecule has 2 heterocycles. The lowest BCUT2D eigenvalue weighted by Crippen LogP contribution is -2.37. The molecule has 82 valence electrons. The molecule has 5 heteroatoms. The highest BCUT2D eigenvalue weighted by Gasteiger charge is 2.56. The van der Waals surface area contributed by atoms with Crippen molar-refractivity contribution in [3.05, 3.63) is 0 Å². The number of rotatable bonds is 1. The molecule has 4 nitrogen and oxygen atoms in total. The molecule has 0 aromatic carbocycles. The third-order valence-corrected chi connectivity index (χ3v) is 2.48. The zero-order valence-electron chi connectivity index (χ0n) is 8.44. The second kappa shape index (κ2) is 3.13. The molecule has 0 aromatic heterocycles. The third-order valence-electron chi connectivity index (χ3n) is 2.48. The molecule has 0 unspecified atom stereocenters. The van der Waals surface area contributed by atoms with Crippen LogP contribution in [-0.4, -0.2) is 41.7 Å². The van der Waals surface area contributed by atoms with E-state index >= 15 is 0 Å². The van der Waals surface area contributed by atoms with E-state index in [4.69, 9.17) is 14.2 Å². The Hall–Kier alpha value is -0.230. The van der Waals surface area contributed by atoms with Crippen LogP contribution in [0.25, 0.3) is 0 Å². The second-order valence-corrected chi connectivity index (χ2v) is 4.25. The van der Waals surface area contributed by atoms with Crippen molar-refractivity contribution in [1.82, 2.24) is 0 Å². The van der Waals surface area contributed by atoms with E-state index in [1.807, 2.05) is 0 Å². The molecule has 0 bridgehead atoms. The van der Waals surface area contributed by atoms with Gasteiger partial charge in [-0.25, -0.2) is 4.39 Å². The summed E-state index contributed by atoms with van der Waals surface area (Å²) in [7, 11) is 0. The SMILES string of the molecule is C[C@H](O)[C@H]1O[C@@H]2OC(C)(C)O[C@@H]2[C@H]1F. The third kappa shape index (κ3) is 1.54. The highest BCUT2D eigenvalue weighted by molar-refractivity contribution is 4.94. The summed E-state index contributed by atoms with van der Waals surface area (Å²) in [4.78, 5) is 0. The van der Waals surface area contributed by atoms with Crippen LogP contribution < -0.4 is 0 Å². The largest absolute Gasteiger partial charge is 0.391 e. The van der Waals surface area contributed by atoms with E-state index in [1.165, 1.54) is 6.92 Å². The van der Waals surface area contributed by atoms with Gasteiger partial charge in [0.2, 0.25) is 0 Å². The van der Waals surface area contributed by atoms with E-state index in [0.29, 0.717) is 0 Å². The van der Waals surface area contributed by atoms with Crippen LogP contribution in [0.5, 0.6) is 0 Å². The fraction of sp³-hybridized carbons (Fsp3) is 1.00. The summed E-state index contributed by atoms with van der Waals surface area (Å²) in [6.45, 7) is 4.90. The predicted molar refractivity (Wildman–Crippen MR) is 45.3 cm³/mol. The van der Waals surface area contributed by atoms with Crippen LogP contribution in [0.3, 0.4) is 0 Å². The second-order valence-electron chi connectivity index (χ2n) is 4.25. The number of aliphatic hydroxyl groups is 1. The lowest BCUT2D eigenvalue weighted by atomic mass is 10.1. The normalized spacial score (nSPS) is 47.8. The van der Waals surface area contributed by atoms with Crippen LogP contribution in [0.15, 0.2) is 0 Å². The molecule has 2 rings (SSSR count). The van der Waals surface area contributed by atoms with Crippen molar-refractivity contribution >= 4 is 0 Å². The fourth-order valence-corrected chi connectivity index (χ4v) is 1.87. The van der Waals surface area contributed by atoms with Gasteiger partial charge in [-0.05, 0) is 20.8 Å². The number of aliphatic hydroxyl groups excluding tert-OH is 1. The monoisotopic (exact) mass is 206 g/mol. The Balaban J connectivity index is 2.08. The number of fused-ring (bicyclic) bond motifs is 1. The van der Waals surface area contributed by atoms with Gasteiger partial charge in [0.25, 0.3) is 0 Å². The Kier molecular flexibility index (Phi) is 2.30. The molecular formula is C9H15FO4. The molecule has 0 aliphatic carbocycles. The highest BCUT2D eigenvalue weighted by atomic mass is 19.1. The first-order chi connectivity index (χ1) is 6.41. The topological polar surface area (TPSA) is 47.9 Å². The lowest BCUT2D eigenvalue weighted by Gasteiger charge is -2.23. The molecule has 2 aliphatic rings. The van der Waals surface area contributed by atoms with Crippen LogP contribution in [-0.2, 0) is 14.2 Å². The van der Waals surface area contributed by atoms with Crippen LogP contribution in [0.4, 0.5) is 4.39 Å². The zero-order chi connectivity index (χ0) is 10.5. The average Bonchev–Trinajstić information content (AvgIpc) is 2.46. The van der Waals surface area contributed by atoms with E-state index < -0.39 is 36.6 Å². The molecule has 0 spiro atoms. The van der Waals surface area contributed by atoms with Crippen molar-refractivity contribution in [2.24, 2.45) is 0 Å². The Morgan fingerprint density at radius 2 is 2.00 bits per heavy atom. The van der Waals surface area contributed by atoms with Gasteiger partial charge in [0.15, 0.2) is 18.2 Å². The summed E-state index contributed by atoms with van der Waals surface area (Å²) >= 11 is 0. The van der Waals surface area contributed by atoms with Gasteiger partial charge in [0.1, 0.15) is 12.2 Å². The molecule has 0 amide bonds. The first-order valence-corrected chi connectivity index (χ1v) is 4.74. The van der Waals surface area contributed by atoms with E-state index in [9.17, 15) is 9.50 Å². The average molecular weight is 206 g/mol. The van der Waals surface area contributed by atoms with Gasteiger partial charge < -0.3 is 19.3 Å². The van der Waals surface area contributed by atoms with Gasteiger partial charge in [0, 0.05) is 0 Å². The van der Waals surface area contributed by atoms with Crippen LogP contribution in [0, 0.1) is 0 Å². The summed E-state index contributed by atoms with van der Waals surface area (Å²) in [6, 6.07) is 0. The Morgan fingerprint density at radius 1 is 1.36 bits per heavy atom. The number of halogens is 1. The van der Waals surface area contributed by atoms with Crippen molar-refractivity contribution in [3.63, 3.8) is 0 Å². The smallest absolute Gasteiger partial charge is 0.190 e. The number of hydrogen-bond donors (Lipinski definition) is 1. The summed E-state index contributed by atoms with van der Waals surface area (Å²) in [5.74, 6) is -0.802. The molecule has 5 atom stereocenters. The molecule has 0 aromatic rings. The molecule has 2 saturated heterocycles. The summed E-state index contributed by atoms with van der Waals surface area (Å²) < 4.78 is 29.5. The van der Waals surface area contributed by atoms with E-state index in [1.54, 1.807) is 13.8 Å². The molecule has 1 N–H and O–H groups in total. The van der Waals surface area contributed by atoms with E-state index in [2.05, 4.69) is 0 Å². The maximum atomic E-state index is 13.6. The zero-order valence-corrected chi connectivity index (χ0v) is 8.44. The van der Waals surface area contributed by atoms with Crippen molar-refractivity contribution in [2.45, 2.75) is 57.3 Å². The van der Waals surface area contributed by atoms with E-state index in [-0.39, 0.29) is 0 Å². The maximum Gasteiger partial charge on any atom is 0.190 e. The number of alkyl halides is 1. The standard InChI is InChI=1S/C9H15FO4/c1-4(11)6-5(10)7-8(12-6)14-9(2,3)13-7/h4-8,11H,1-3H3/t4-,5-,6+,7+,8+/m0/s1. The predicted octanol–water partition coefficient (Wildman–Crippen LogP) is 0.582. The number of hydrogen-bond acceptors (Lipinski definition) is 4. The molecule has 2 aliphatic heterocycles. The van der Waals surface area contributed by atoms with Crippen LogP contribution in [0.1, 0.15) is 20.8 Å². The highest BCUT2D eigenvalue weighted by Crippen LogP contribution is 2.39. The lowest BCUT2D eigenvalue weighted by molar-refractivity contribution is -0.220. The van der Waals surface area contributed by atoms with E-state index in [0.717, 1.165) is 0 Å². The number of ether oxygens (including phenoxy) is 3. The quantitative estimate of drug-likeness (QED) is 0.681. The first kappa shape index (κ1) is 10.3. The van der Waals surface area contributed by atoms with Gasteiger partial charge in [-0.15, -0.1) is 0 Å². The minimum absolute atomic E-state index is 0.695. The van der Waals surface area contributed by atoms with Crippen LogP contribution in [0.2, 0.25) is 0 Å². The summed E-state index contributed by atoms with van der Waals surface area (Å²) in [5, 5.41) is 9.23. The Labute approximate surface area is 81.9 Å². The van der Waals surface area contributed by atoms with Gasteiger partial charge in [0.05, 0.1) is 6.10 Å². The minimum Gasteiger partial charge on any atom is -0.391 e. The molecular weight excluding hydrogens is 191 g/mol. The molecule has 14 heavy (non-hydrogen) atoms. The summed E-state index contributed by atoms with van der Waals surface area (Å²) in [6.07, 6.45) is -4.45. The Bertz CT molecular complexity index is 229. The van der Waals surface area contributed by atoms with Crippen molar-refractivity contribution in [1.29, 1.82) is 0 Å². The first-order valence-electron chi connectivity index (χ1n) is 4.74. The maximum absolute atomic E-state index is 13.6. The van der Waals surface area contributed by atoms with Crippen molar-refractivity contribution in [3.8, 4) is 0 Å².